The van der Waals surface area contributed by atoms with E-state index in [1.807, 2.05) is 48.5 Å². The van der Waals surface area contributed by atoms with Gasteiger partial charge in [0.15, 0.2) is 0 Å². The molecule has 134 valence electrons. The van der Waals surface area contributed by atoms with Gasteiger partial charge in [0.2, 0.25) is 5.91 Å². The number of amides is 1. The van der Waals surface area contributed by atoms with Crippen LogP contribution < -0.4 is 5.56 Å². The maximum absolute atomic E-state index is 12.8. The zero-order valence-electron chi connectivity index (χ0n) is 15.0. The smallest absolute Gasteiger partial charge is 0.269 e. The molecule has 5 heteroatoms. The van der Waals surface area contributed by atoms with Gasteiger partial charge in [0, 0.05) is 13.6 Å². The minimum absolute atomic E-state index is 0.0108. The fourth-order valence-electron chi connectivity index (χ4n) is 3.31. The largest absolute Gasteiger partial charge is 0.340 e. The van der Waals surface area contributed by atoms with Gasteiger partial charge in [-0.1, -0.05) is 54.6 Å². The van der Waals surface area contributed by atoms with Crippen molar-refractivity contribution in [2.75, 3.05) is 7.05 Å². The molecule has 27 heavy (non-hydrogen) atoms. The molecule has 0 bridgehead atoms. The first-order valence-electron chi connectivity index (χ1n) is 8.79. The molecular weight excluding hydrogens is 338 g/mol. The van der Waals surface area contributed by atoms with Gasteiger partial charge in [-0.05, 0) is 28.5 Å². The predicted molar refractivity (Wildman–Crippen MR) is 106 cm³/mol. The highest BCUT2D eigenvalue weighted by Crippen LogP contribution is 2.19. The van der Waals surface area contributed by atoms with E-state index in [2.05, 4.69) is 23.2 Å². The second-order valence-corrected chi connectivity index (χ2v) is 6.56. The molecule has 1 amide bonds. The predicted octanol–water partition coefficient (Wildman–Crippen LogP) is 3.21. The zero-order chi connectivity index (χ0) is 18.8. The average Bonchev–Trinajstić information content (AvgIpc) is 2.70. The van der Waals surface area contributed by atoms with Gasteiger partial charge < -0.3 is 4.90 Å². The molecule has 0 N–H and O–H groups in total. The van der Waals surface area contributed by atoms with Crippen molar-refractivity contribution in [3.63, 3.8) is 0 Å². The number of carbonyl (C=O) groups is 1. The van der Waals surface area contributed by atoms with Crippen LogP contribution in [0, 0.1) is 0 Å². The second kappa shape index (κ2) is 7.03. The van der Waals surface area contributed by atoms with Crippen LogP contribution >= 0.6 is 0 Å². The van der Waals surface area contributed by atoms with Gasteiger partial charge in [0.25, 0.3) is 5.56 Å². The van der Waals surface area contributed by atoms with E-state index in [0.717, 1.165) is 16.3 Å². The van der Waals surface area contributed by atoms with E-state index in [1.54, 1.807) is 11.9 Å². The number of hydrogen-bond acceptors (Lipinski definition) is 3. The zero-order valence-corrected chi connectivity index (χ0v) is 15.0. The summed E-state index contributed by atoms with van der Waals surface area (Å²) in [4.78, 5) is 30.8. The Balaban J connectivity index is 1.60. The number of rotatable bonds is 4. The van der Waals surface area contributed by atoms with E-state index in [4.69, 9.17) is 0 Å². The summed E-state index contributed by atoms with van der Waals surface area (Å²) in [6.45, 7) is 0.473. The quantitative estimate of drug-likeness (QED) is 0.564. The number of nitrogens with zero attached hydrogens (tertiary/aromatic N) is 3. The molecule has 4 aromatic rings. The summed E-state index contributed by atoms with van der Waals surface area (Å²) in [7, 11) is 1.76. The number of benzene rings is 3. The third-order valence-corrected chi connectivity index (χ3v) is 4.76. The van der Waals surface area contributed by atoms with Crippen LogP contribution in [0.25, 0.3) is 21.8 Å². The summed E-state index contributed by atoms with van der Waals surface area (Å²) < 4.78 is 1.48. The molecule has 1 aromatic heterocycles. The third-order valence-electron chi connectivity index (χ3n) is 4.76. The number of aromatic nitrogens is 2. The second-order valence-electron chi connectivity index (χ2n) is 6.56. The molecule has 0 saturated carbocycles. The standard InChI is InChI=1S/C22H19N3O2/c1-24(14-17-9-6-8-16-7-2-3-10-18(16)17)22(27)15-25-20-12-5-4-11-19(20)23-13-21(25)26/h2-13H,14-15H2,1H3. The highest BCUT2D eigenvalue weighted by molar-refractivity contribution is 5.86. The van der Waals surface area contributed by atoms with E-state index in [9.17, 15) is 9.59 Å². The maximum atomic E-state index is 12.8. The van der Waals surface area contributed by atoms with Crippen molar-refractivity contribution in [2.45, 2.75) is 13.1 Å². The first-order chi connectivity index (χ1) is 13.1. The van der Waals surface area contributed by atoms with Gasteiger partial charge in [0.05, 0.1) is 17.2 Å². The molecule has 0 aliphatic rings. The average molecular weight is 357 g/mol. The third kappa shape index (κ3) is 3.31. The lowest BCUT2D eigenvalue weighted by molar-refractivity contribution is -0.131. The Morgan fingerprint density at radius 2 is 1.74 bits per heavy atom. The molecule has 0 spiro atoms. The molecule has 0 aliphatic carbocycles. The van der Waals surface area contributed by atoms with E-state index in [-0.39, 0.29) is 18.0 Å². The molecule has 0 fully saturated rings. The van der Waals surface area contributed by atoms with Crippen molar-refractivity contribution >= 4 is 27.7 Å². The van der Waals surface area contributed by atoms with Crippen LogP contribution in [0.4, 0.5) is 0 Å². The fourth-order valence-corrected chi connectivity index (χ4v) is 3.31. The Hall–Kier alpha value is -3.47. The Morgan fingerprint density at radius 1 is 1.00 bits per heavy atom. The van der Waals surface area contributed by atoms with Crippen molar-refractivity contribution < 1.29 is 4.79 Å². The molecule has 0 aliphatic heterocycles. The van der Waals surface area contributed by atoms with E-state index in [0.29, 0.717) is 17.6 Å². The van der Waals surface area contributed by atoms with Gasteiger partial charge in [-0.3, -0.25) is 14.2 Å². The molecule has 0 atom stereocenters. The number of hydrogen-bond donors (Lipinski definition) is 0. The van der Waals surface area contributed by atoms with Crippen molar-refractivity contribution in [2.24, 2.45) is 0 Å². The van der Waals surface area contributed by atoms with Crippen LogP contribution in [-0.4, -0.2) is 27.4 Å². The highest BCUT2D eigenvalue weighted by atomic mass is 16.2. The van der Waals surface area contributed by atoms with Crippen molar-refractivity contribution in [3.8, 4) is 0 Å². The minimum Gasteiger partial charge on any atom is -0.340 e. The van der Waals surface area contributed by atoms with Gasteiger partial charge in [-0.2, -0.15) is 0 Å². The summed E-state index contributed by atoms with van der Waals surface area (Å²) in [5.74, 6) is -0.124. The number of para-hydroxylation sites is 2. The SMILES string of the molecule is CN(Cc1cccc2ccccc12)C(=O)Cn1c(=O)cnc2ccccc21. The maximum Gasteiger partial charge on any atom is 0.269 e. The summed E-state index contributed by atoms with van der Waals surface area (Å²) in [6.07, 6.45) is 1.26. The van der Waals surface area contributed by atoms with Gasteiger partial charge >= 0.3 is 0 Å². The molecule has 0 saturated heterocycles. The Labute approximate surface area is 156 Å². The number of carbonyl (C=O) groups excluding carboxylic acids is 1. The van der Waals surface area contributed by atoms with Crippen LogP contribution in [0.1, 0.15) is 5.56 Å². The Morgan fingerprint density at radius 3 is 2.63 bits per heavy atom. The lowest BCUT2D eigenvalue weighted by Crippen LogP contribution is -2.33. The lowest BCUT2D eigenvalue weighted by Gasteiger charge is -2.19. The molecule has 0 unspecified atom stereocenters. The first-order valence-corrected chi connectivity index (χ1v) is 8.79. The lowest BCUT2D eigenvalue weighted by atomic mass is 10.0. The Kier molecular flexibility index (Phi) is 4.42. The highest BCUT2D eigenvalue weighted by Gasteiger charge is 2.14. The number of likely N-dealkylation sites (N-methyl/N-ethyl adjacent to an activating group) is 1. The first kappa shape index (κ1) is 17.0. The summed E-state index contributed by atoms with van der Waals surface area (Å²) in [5.41, 5.74) is 2.16. The monoisotopic (exact) mass is 357 g/mol. The van der Waals surface area contributed by atoms with Gasteiger partial charge in [0.1, 0.15) is 6.54 Å². The van der Waals surface area contributed by atoms with Gasteiger partial charge in [-0.25, -0.2) is 4.98 Å². The van der Waals surface area contributed by atoms with E-state index in [1.165, 1.54) is 10.8 Å². The van der Waals surface area contributed by atoms with Crippen LogP contribution in [0.3, 0.4) is 0 Å². The van der Waals surface area contributed by atoms with Crippen molar-refractivity contribution in [1.82, 2.24) is 14.5 Å². The Bertz CT molecular complexity index is 1190. The van der Waals surface area contributed by atoms with E-state index >= 15 is 0 Å². The molecule has 0 radical (unpaired) electrons. The van der Waals surface area contributed by atoms with Gasteiger partial charge in [-0.15, -0.1) is 0 Å². The number of fused-ring (bicyclic) bond motifs is 2. The normalized spacial score (nSPS) is 11.0. The van der Waals surface area contributed by atoms with Crippen molar-refractivity contribution in [3.05, 3.63) is 88.8 Å². The fraction of sp³-hybridized carbons (Fsp3) is 0.136. The summed E-state index contributed by atoms with van der Waals surface area (Å²) >= 11 is 0. The summed E-state index contributed by atoms with van der Waals surface area (Å²) in [6, 6.07) is 21.5. The van der Waals surface area contributed by atoms with Crippen LogP contribution in [0.5, 0.6) is 0 Å². The van der Waals surface area contributed by atoms with Crippen LogP contribution in [0.2, 0.25) is 0 Å². The molecular formula is C22H19N3O2. The molecule has 3 aromatic carbocycles. The van der Waals surface area contributed by atoms with Crippen LogP contribution in [0.15, 0.2) is 77.7 Å². The molecule has 4 rings (SSSR count). The molecule has 1 heterocycles. The molecule has 5 nitrogen and oxygen atoms in total. The van der Waals surface area contributed by atoms with Crippen LogP contribution in [-0.2, 0) is 17.9 Å². The van der Waals surface area contributed by atoms with Crippen molar-refractivity contribution in [1.29, 1.82) is 0 Å². The van der Waals surface area contributed by atoms with E-state index < -0.39 is 0 Å². The minimum atomic E-state index is -0.277. The topological polar surface area (TPSA) is 55.2 Å². The summed E-state index contributed by atoms with van der Waals surface area (Å²) in [5, 5.41) is 2.28.